The fourth-order valence-corrected chi connectivity index (χ4v) is 2.32. The van der Waals surface area contributed by atoms with Gasteiger partial charge in [0.2, 0.25) is 11.8 Å². The SMILES string of the molecule is C[C@]1(CO)O[C@@H](n2cnc3c(O)nc(N)nc32)C[C@@H]1O. The van der Waals surface area contributed by atoms with Crippen molar-refractivity contribution in [3.05, 3.63) is 6.33 Å². The van der Waals surface area contributed by atoms with Gasteiger partial charge < -0.3 is 25.8 Å². The van der Waals surface area contributed by atoms with Gasteiger partial charge in [-0.3, -0.25) is 4.57 Å². The van der Waals surface area contributed by atoms with Crippen molar-refractivity contribution in [2.45, 2.75) is 31.3 Å². The molecule has 3 heterocycles. The van der Waals surface area contributed by atoms with E-state index in [4.69, 9.17) is 10.5 Å². The number of ether oxygens (including phenoxy) is 1. The van der Waals surface area contributed by atoms with Gasteiger partial charge >= 0.3 is 0 Å². The summed E-state index contributed by atoms with van der Waals surface area (Å²) in [4.78, 5) is 11.7. The molecule has 1 aliphatic rings. The fourth-order valence-electron chi connectivity index (χ4n) is 2.32. The lowest BCUT2D eigenvalue weighted by molar-refractivity contribution is -0.115. The molecule has 3 atom stereocenters. The first-order valence-electron chi connectivity index (χ1n) is 6.10. The van der Waals surface area contributed by atoms with Crippen molar-refractivity contribution in [2.75, 3.05) is 12.3 Å². The minimum absolute atomic E-state index is 0.0831. The number of imidazole rings is 1. The van der Waals surface area contributed by atoms with Crippen LogP contribution in [-0.2, 0) is 4.74 Å². The Bertz CT molecular complexity index is 660. The van der Waals surface area contributed by atoms with Crippen molar-refractivity contribution in [3.8, 4) is 5.88 Å². The van der Waals surface area contributed by atoms with Gasteiger partial charge in [-0.05, 0) is 6.92 Å². The molecule has 0 saturated carbocycles. The van der Waals surface area contributed by atoms with E-state index < -0.39 is 17.9 Å². The molecule has 1 aliphatic heterocycles. The maximum absolute atomic E-state index is 9.97. The smallest absolute Gasteiger partial charge is 0.244 e. The number of aliphatic hydroxyl groups excluding tert-OH is 2. The number of aromatic hydroxyl groups is 1. The van der Waals surface area contributed by atoms with Gasteiger partial charge in [0.15, 0.2) is 11.2 Å². The number of nitrogen functional groups attached to an aromatic ring is 1. The highest BCUT2D eigenvalue weighted by molar-refractivity contribution is 5.77. The summed E-state index contributed by atoms with van der Waals surface area (Å²) < 4.78 is 7.24. The molecular formula is C11H15N5O4. The predicted molar refractivity (Wildman–Crippen MR) is 67.6 cm³/mol. The zero-order valence-electron chi connectivity index (χ0n) is 10.8. The second kappa shape index (κ2) is 4.27. The highest BCUT2D eigenvalue weighted by Crippen LogP contribution is 2.37. The minimum Gasteiger partial charge on any atom is -0.492 e. The summed E-state index contributed by atoms with van der Waals surface area (Å²) in [5.74, 6) is -0.394. The zero-order chi connectivity index (χ0) is 14.5. The molecule has 0 amide bonds. The summed E-state index contributed by atoms with van der Waals surface area (Å²) in [7, 11) is 0. The number of aromatic nitrogens is 4. The van der Waals surface area contributed by atoms with Crippen LogP contribution in [-0.4, -0.2) is 53.2 Å². The zero-order valence-corrected chi connectivity index (χ0v) is 10.8. The van der Waals surface area contributed by atoms with E-state index in [1.165, 1.54) is 6.33 Å². The Morgan fingerprint density at radius 3 is 2.95 bits per heavy atom. The molecular weight excluding hydrogens is 266 g/mol. The van der Waals surface area contributed by atoms with E-state index in [-0.39, 0.29) is 30.4 Å². The van der Waals surface area contributed by atoms with Crippen molar-refractivity contribution >= 4 is 17.1 Å². The molecule has 9 nitrogen and oxygen atoms in total. The van der Waals surface area contributed by atoms with E-state index in [1.807, 2.05) is 0 Å². The summed E-state index contributed by atoms with van der Waals surface area (Å²) in [6.07, 6.45) is 0.329. The molecule has 0 aliphatic carbocycles. The van der Waals surface area contributed by atoms with Crippen LogP contribution in [0.25, 0.3) is 11.2 Å². The van der Waals surface area contributed by atoms with Crippen molar-refractivity contribution in [3.63, 3.8) is 0 Å². The quantitative estimate of drug-likeness (QED) is 0.558. The van der Waals surface area contributed by atoms with E-state index >= 15 is 0 Å². The van der Waals surface area contributed by atoms with Gasteiger partial charge in [-0.15, -0.1) is 0 Å². The van der Waals surface area contributed by atoms with Crippen molar-refractivity contribution in [1.82, 2.24) is 19.5 Å². The number of hydrogen-bond acceptors (Lipinski definition) is 8. The first kappa shape index (κ1) is 13.0. The van der Waals surface area contributed by atoms with Gasteiger partial charge in [0.25, 0.3) is 0 Å². The molecule has 1 saturated heterocycles. The lowest BCUT2D eigenvalue weighted by Crippen LogP contribution is -2.39. The first-order chi connectivity index (χ1) is 9.44. The third-order valence-corrected chi connectivity index (χ3v) is 3.58. The molecule has 0 aromatic carbocycles. The Hall–Kier alpha value is -1.97. The maximum Gasteiger partial charge on any atom is 0.244 e. The molecule has 20 heavy (non-hydrogen) atoms. The average molecular weight is 281 g/mol. The van der Waals surface area contributed by atoms with Crippen LogP contribution in [0.2, 0.25) is 0 Å². The third-order valence-electron chi connectivity index (χ3n) is 3.58. The Kier molecular flexibility index (Phi) is 2.78. The normalized spacial score (nSPS) is 30.1. The second-order valence-corrected chi connectivity index (χ2v) is 5.02. The molecule has 2 aromatic heterocycles. The standard InChI is InChI=1S/C11H15N5O4/c1-11(3-17)5(18)2-6(20-11)16-4-13-7-8(16)14-10(12)15-9(7)19/h4-6,17-18H,2-3H2,1H3,(H3,12,14,15,19)/t5-,6+,11+/m0/s1. The van der Waals surface area contributed by atoms with Crippen LogP contribution >= 0.6 is 0 Å². The number of aliphatic hydroxyl groups is 2. The second-order valence-electron chi connectivity index (χ2n) is 5.02. The van der Waals surface area contributed by atoms with Crippen molar-refractivity contribution < 1.29 is 20.1 Å². The van der Waals surface area contributed by atoms with Crippen LogP contribution in [0.1, 0.15) is 19.6 Å². The molecule has 0 bridgehead atoms. The van der Waals surface area contributed by atoms with Gasteiger partial charge in [-0.1, -0.05) is 0 Å². The molecule has 5 N–H and O–H groups in total. The topological polar surface area (TPSA) is 140 Å². The summed E-state index contributed by atoms with van der Waals surface area (Å²) in [5.41, 5.74) is 4.98. The molecule has 0 radical (unpaired) electrons. The third kappa shape index (κ3) is 1.79. The molecule has 2 aromatic rings. The Labute approximate surface area is 113 Å². The van der Waals surface area contributed by atoms with Gasteiger partial charge in [0, 0.05) is 6.42 Å². The van der Waals surface area contributed by atoms with Crippen molar-refractivity contribution in [2.24, 2.45) is 0 Å². The van der Waals surface area contributed by atoms with Crippen LogP contribution in [0.4, 0.5) is 5.95 Å². The highest BCUT2D eigenvalue weighted by atomic mass is 16.6. The fraction of sp³-hybridized carbons (Fsp3) is 0.545. The maximum atomic E-state index is 9.97. The summed E-state index contributed by atoms with van der Waals surface area (Å²) >= 11 is 0. The predicted octanol–water partition coefficient (Wildman–Crippen LogP) is -0.855. The number of anilines is 1. The molecule has 3 rings (SSSR count). The summed E-state index contributed by atoms with van der Waals surface area (Å²) in [6, 6.07) is 0. The van der Waals surface area contributed by atoms with Gasteiger partial charge in [-0.25, -0.2) is 4.98 Å². The number of fused-ring (bicyclic) bond motifs is 1. The van der Waals surface area contributed by atoms with E-state index in [2.05, 4.69) is 15.0 Å². The van der Waals surface area contributed by atoms with Crippen LogP contribution in [0.5, 0.6) is 5.88 Å². The number of nitrogens with two attached hydrogens (primary N) is 1. The Morgan fingerprint density at radius 2 is 2.30 bits per heavy atom. The number of nitrogens with zero attached hydrogens (tertiary/aromatic N) is 4. The van der Waals surface area contributed by atoms with Gasteiger partial charge in [0.1, 0.15) is 11.8 Å². The molecule has 1 fully saturated rings. The van der Waals surface area contributed by atoms with E-state index in [9.17, 15) is 15.3 Å². The monoisotopic (exact) mass is 281 g/mol. The highest BCUT2D eigenvalue weighted by Gasteiger charge is 2.45. The van der Waals surface area contributed by atoms with Crippen molar-refractivity contribution in [1.29, 1.82) is 0 Å². The average Bonchev–Trinajstić information content (AvgIpc) is 2.92. The first-order valence-corrected chi connectivity index (χ1v) is 6.10. The van der Waals surface area contributed by atoms with Gasteiger partial charge in [-0.2, -0.15) is 9.97 Å². The van der Waals surface area contributed by atoms with Crippen LogP contribution in [0.3, 0.4) is 0 Å². The Balaban J connectivity index is 2.04. The lowest BCUT2D eigenvalue weighted by atomic mass is 10.0. The van der Waals surface area contributed by atoms with E-state index in [1.54, 1.807) is 11.5 Å². The number of rotatable bonds is 2. The largest absolute Gasteiger partial charge is 0.492 e. The Morgan fingerprint density at radius 1 is 1.55 bits per heavy atom. The molecule has 0 spiro atoms. The summed E-state index contributed by atoms with van der Waals surface area (Å²) in [6.45, 7) is 1.32. The molecule has 108 valence electrons. The molecule has 9 heteroatoms. The van der Waals surface area contributed by atoms with Gasteiger partial charge in [0.05, 0.1) is 19.0 Å². The van der Waals surface area contributed by atoms with Crippen LogP contribution in [0, 0.1) is 0 Å². The lowest BCUT2D eigenvalue weighted by Gasteiger charge is -2.24. The molecule has 0 unspecified atom stereocenters. The van der Waals surface area contributed by atoms with E-state index in [0.29, 0.717) is 5.65 Å². The van der Waals surface area contributed by atoms with Crippen LogP contribution < -0.4 is 5.73 Å². The summed E-state index contributed by atoms with van der Waals surface area (Å²) in [5, 5.41) is 29.0. The minimum atomic E-state index is -1.04. The number of hydrogen-bond donors (Lipinski definition) is 4. The van der Waals surface area contributed by atoms with Crippen LogP contribution in [0.15, 0.2) is 6.33 Å². The van der Waals surface area contributed by atoms with E-state index in [0.717, 1.165) is 0 Å².